The molecule has 2 aromatic rings. The molecule has 0 aliphatic carbocycles. The van der Waals surface area contributed by atoms with Crippen molar-refractivity contribution in [1.29, 1.82) is 5.26 Å². The van der Waals surface area contributed by atoms with Crippen LogP contribution in [-0.4, -0.2) is 10.8 Å². The summed E-state index contributed by atoms with van der Waals surface area (Å²) in [5, 5.41) is 22.9. The summed E-state index contributed by atoms with van der Waals surface area (Å²) < 4.78 is 0. The van der Waals surface area contributed by atoms with Gasteiger partial charge in [0.1, 0.15) is 6.04 Å². The molecule has 130 valence electrons. The Balaban J connectivity index is 2.19. The largest absolute Gasteiger partial charge is 0.332 e. The van der Waals surface area contributed by atoms with Gasteiger partial charge in [0.25, 0.3) is 11.6 Å². The van der Waals surface area contributed by atoms with E-state index in [1.165, 1.54) is 6.07 Å². The van der Waals surface area contributed by atoms with Gasteiger partial charge in [-0.25, -0.2) is 0 Å². The van der Waals surface area contributed by atoms with Crippen molar-refractivity contribution in [2.75, 3.05) is 0 Å². The standard InChI is InChI=1S/C18H19N3O3S/c1-11-15(21(23)24)9-16(25-11)17(22)20-14(10-19)12-5-7-13(8-6-12)18(2,3)4/h5-9,14H,1-4H3,(H,20,22). The van der Waals surface area contributed by atoms with E-state index in [1.54, 1.807) is 6.92 Å². The van der Waals surface area contributed by atoms with Crippen molar-refractivity contribution in [1.82, 2.24) is 5.32 Å². The monoisotopic (exact) mass is 357 g/mol. The Labute approximate surface area is 150 Å². The number of nitrogens with one attached hydrogen (secondary N) is 1. The van der Waals surface area contributed by atoms with Crippen LogP contribution in [0.2, 0.25) is 0 Å². The fourth-order valence-electron chi connectivity index (χ4n) is 2.33. The third-order valence-corrected chi connectivity index (χ3v) is 4.87. The number of nitrogens with zero attached hydrogens (tertiary/aromatic N) is 2. The third-order valence-electron chi connectivity index (χ3n) is 3.83. The maximum atomic E-state index is 12.3. The first-order chi connectivity index (χ1) is 11.6. The molecule has 0 spiro atoms. The molecule has 6 nitrogen and oxygen atoms in total. The van der Waals surface area contributed by atoms with Gasteiger partial charge in [0.05, 0.1) is 20.7 Å². The van der Waals surface area contributed by atoms with Crippen LogP contribution < -0.4 is 5.32 Å². The van der Waals surface area contributed by atoms with Crippen LogP contribution in [0.4, 0.5) is 5.69 Å². The fourth-order valence-corrected chi connectivity index (χ4v) is 3.22. The zero-order valence-corrected chi connectivity index (χ0v) is 15.3. The lowest BCUT2D eigenvalue weighted by Crippen LogP contribution is -2.27. The summed E-state index contributed by atoms with van der Waals surface area (Å²) in [7, 11) is 0. The first-order valence-electron chi connectivity index (χ1n) is 7.69. The second-order valence-electron chi connectivity index (χ2n) is 6.72. The summed E-state index contributed by atoms with van der Waals surface area (Å²) >= 11 is 1.04. The minimum atomic E-state index is -0.817. The molecule has 2 rings (SSSR count). The van der Waals surface area contributed by atoms with Crippen molar-refractivity contribution in [2.24, 2.45) is 0 Å². The maximum Gasteiger partial charge on any atom is 0.283 e. The van der Waals surface area contributed by atoms with E-state index in [9.17, 15) is 20.2 Å². The van der Waals surface area contributed by atoms with E-state index >= 15 is 0 Å². The van der Waals surface area contributed by atoms with E-state index in [0.29, 0.717) is 10.4 Å². The van der Waals surface area contributed by atoms with E-state index in [1.807, 2.05) is 24.3 Å². The highest BCUT2D eigenvalue weighted by Gasteiger charge is 2.22. The molecule has 0 bridgehead atoms. The van der Waals surface area contributed by atoms with Crippen LogP contribution in [0.3, 0.4) is 0 Å². The van der Waals surface area contributed by atoms with E-state index in [0.717, 1.165) is 16.9 Å². The highest BCUT2D eigenvalue weighted by atomic mass is 32.1. The topological polar surface area (TPSA) is 96.0 Å². The molecule has 25 heavy (non-hydrogen) atoms. The molecule has 0 saturated carbocycles. The van der Waals surface area contributed by atoms with Crippen molar-refractivity contribution in [2.45, 2.75) is 39.2 Å². The summed E-state index contributed by atoms with van der Waals surface area (Å²) in [6.45, 7) is 7.87. The van der Waals surface area contributed by atoms with Crippen LogP contribution in [0.5, 0.6) is 0 Å². The van der Waals surface area contributed by atoms with Gasteiger partial charge in [-0.2, -0.15) is 5.26 Å². The Kier molecular flexibility index (Phi) is 5.24. The van der Waals surface area contributed by atoms with Gasteiger partial charge < -0.3 is 5.32 Å². The van der Waals surface area contributed by atoms with Crippen molar-refractivity contribution in [3.63, 3.8) is 0 Å². The molecule has 1 aromatic heterocycles. The second-order valence-corrected chi connectivity index (χ2v) is 7.97. The van der Waals surface area contributed by atoms with E-state index in [2.05, 4.69) is 32.2 Å². The van der Waals surface area contributed by atoms with Crippen LogP contribution >= 0.6 is 11.3 Å². The van der Waals surface area contributed by atoms with Gasteiger partial charge in [0.15, 0.2) is 0 Å². The molecule has 1 N–H and O–H groups in total. The minimum absolute atomic E-state index is 0.00263. The van der Waals surface area contributed by atoms with Gasteiger partial charge in [-0.15, -0.1) is 11.3 Å². The average molecular weight is 357 g/mol. The van der Waals surface area contributed by atoms with Crippen LogP contribution in [0.1, 0.15) is 52.5 Å². The zero-order chi connectivity index (χ0) is 18.8. The summed E-state index contributed by atoms with van der Waals surface area (Å²) in [6.07, 6.45) is 0. The Bertz CT molecular complexity index is 842. The molecular formula is C18H19N3O3S. The third kappa shape index (κ3) is 4.22. The van der Waals surface area contributed by atoms with Gasteiger partial charge >= 0.3 is 0 Å². The number of benzene rings is 1. The average Bonchev–Trinajstić information content (AvgIpc) is 2.94. The highest BCUT2D eigenvalue weighted by molar-refractivity contribution is 7.14. The lowest BCUT2D eigenvalue weighted by molar-refractivity contribution is -0.385. The number of thiophene rings is 1. The first kappa shape index (κ1) is 18.6. The van der Waals surface area contributed by atoms with Crippen molar-refractivity contribution >= 4 is 22.9 Å². The van der Waals surface area contributed by atoms with Crippen molar-refractivity contribution in [3.05, 3.63) is 61.3 Å². The predicted octanol–water partition coefficient (Wildman–Crippen LogP) is 4.26. The molecule has 0 radical (unpaired) electrons. The van der Waals surface area contributed by atoms with Gasteiger partial charge in [0.2, 0.25) is 0 Å². The summed E-state index contributed by atoms with van der Waals surface area (Å²) in [4.78, 5) is 23.4. The number of aryl methyl sites for hydroxylation is 1. The second kappa shape index (κ2) is 7.03. The van der Waals surface area contributed by atoms with Crippen molar-refractivity contribution < 1.29 is 9.72 Å². The van der Waals surface area contributed by atoms with Gasteiger partial charge in [-0.05, 0) is 23.5 Å². The van der Waals surface area contributed by atoms with E-state index in [4.69, 9.17) is 0 Å². The normalized spacial score (nSPS) is 12.3. The highest BCUT2D eigenvalue weighted by Crippen LogP contribution is 2.29. The molecule has 1 unspecified atom stereocenters. The number of nitro groups is 1. The van der Waals surface area contributed by atoms with Crippen LogP contribution in [0.25, 0.3) is 0 Å². The summed E-state index contributed by atoms with van der Waals surface area (Å²) in [5.41, 5.74) is 1.71. The molecule has 1 aromatic carbocycles. The lowest BCUT2D eigenvalue weighted by Gasteiger charge is -2.20. The predicted molar refractivity (Wildman–Crippen MR) is 96.7 cm³/mol. The lowest BCUT2D eigenvalue weighted by atomic mass is 9.86. The molecule has 0 saturated heterocycles. The Morgan fingerprint density at radius 1 is 1.32 bits per heavy atom. The molecule has 0 aliphatic heterocycles. The number of rotatable bonds is 4. The van der Waals surface area contributed by atoms with Gasteiger partial charge in [0, 0.05) is 6.07 Å². The zero-order valence-electron chi connectivity index (χ0n) is 14.5. The SMILES string of the molecule is Cc1sc(C(=O)NC(C#N)c2ccc(C(C)(C)C)cc2)cc1[N+](=O)[O-]. The number of hydrogen-bond acceptors (Lipinski definition) is 5. The Hall–Kier alpha value is -2.72. The Morgan fingerprint density at radius 2 is 1.92 bits per heavy atom. The molecule has 7 heteroatoms. The van der Waals surface area contributed by atoms with Crippen LogP contribution in [0.15, 0.2) is 30.3 Å². The minimum Gasteiger partial charge on any atom is -0.332 e. The van der Waals surface area contributed by atoms with Gasteiger partial charge in [-0.1, -0.05) is 45.0 Å². The van der Waals surface area contributed by atoms with Crippen molar-refractivity contribution in [3.8, 4) is 6.07 Å². The van der Waals surface area contributed by atoms with E-state index < -0.39 is 16.9 Å². The Morgan fingerprint density at radius 3 is 2.36 bits per heavy atom. The number of hydrogen-bond donors (Lipinski definition) is 1. The molecule has 1 atom stereocenters. The number of amides is 1. The van der Waals surface area contributed by atoms with E-state index in [-0.39, 0.29) is 16.0 Å². The quantitative estimate of drug-likeness (QED) is 0.653. The molecular weight excluding hydrogens is 338 g/mol. The first-order valence-corrected chi connectivity index (χ1v) is 8.51. The van der Waals surface area contributed by atoms with Crippen LogP contribution in [0, 0.1) is 28.4 Å². The number of carbonyl (C=O) groups excluding carboxylic acids is 1. The number of nitriles is 1. The van der Waals surface area contributed by atoms with Crippen LogP contribution in [-0.2, 0) is 5.41 Å². The maximum absolute atomic E-state index is 12.3. The molecule has 1 amide bonds. The summed E-state index contributed by atoms with van der Waals surface area (Å²) in [6, 6.07) is 9.99. The fraction of sp³-hybridized carbons (Fsp3) is 0.333. The smallest absolute Gasteiger partial charge is 0.283 e. The molecule has 0 fully saturated rings. The van der Waals surface area contributed by atoms with Gasteiger partial charge in [-0.3, -0.25) is 14.9 Å². The number of carbonyl (C=O) groups is 1. The molecule has 0 aliphatic rings. The molecule has 1 heterocycles. The summed E-state index contributed by atoms with van der Waals surface area (Å²) in [5.74, 6) is -0.493.